The van der Waals surface area contributed by atoms with Crippen LogP contribution in [0.25, 0.3) is 0 Å². The highest BCUT2D eigenvalue weighted by atomic mass is 16.5. The summed E-state index contributed by atoms with van der Waals surface area (Å²) < 4.78 is 5.58. The van der Waals surface area contributed by atoms with E-state index in [9.17, 15) is 4.79 Å². The molecule has 1 N–H and O–H groups in total. The largest absolute Gasteiger partial charge is 0.369 e. The van der Waals surface area contributed by atoms with Gasteiger partial charge in [0.05, 0.1) is 0 Å². The Morgan fingerprint density at radius 1 is 0.966 bits per heavy atom. The van der Waals surface area contributed by atoms with Crippen molar-refractivity contribution in [2.45, 2.75) is 32.2 Å². The van der Waals surface area contributed by atoms with Gasteiger partial charge in [0, 0.05) is 38.4 Å². The minimum absolute atomic E-state index is 0.000168. The molecule has 0 heterocycles. The number of carbonyl (C=O) groups is 1. The summed E-state index contributed by atoms with van der Waals surface area (Å²) in [6.07, 6.45) is 4.66. The molecule has 4 heteroatoms. The van der Waals surface area contributed by atoms with E-state index in [1.54, 1.807) is 19.0 Å². The summed E-state index contributed by atoms with van der Waals surface area (Å²) >= 11 is 0. The quantitative estimate of drug-likeness (QED) is 0.462. The summed E-state index contributed by atoms with van der Waals surface area (Å²) in [5.74, 6) is 6.10. The highest BCUT2D eigenvalue weighted by molar-refractivity contribution is 5.93. The van der Waals surface area contributed by atoms with Gasteiger partial charge in [0.2, 0.25) is 0 Å². The molecule has 0 aliphatic rings. The van der Waals surface area contributed by atoms with E-state index in [0.29, 0.717) is 12.2 Å². The zero-order valence-electron chi connectivity index (χ0n) is 17.6. The van der Waals surface area contributed by atoms with Gasteiger partial charge in [0.25, 0.3) is 5.91 Å². The van der Waals surface area contributed by atoms with Crippen LogP contribution < -0.4 is 5.32 Å². The van der Waals surface area contributed by atoms with Crippen LogP contribution in [-0.4, -0.2) is 44.7 Å². The molecule has 0 radical (unpaired) electrons. The molecule has 0 bridgehead atoms. The molecule has 1 amide bonds. The van der Waals surface area contributed by atoms with Crippen molar-refractivity contribution in [3.63, 3.8) is 0 Å². The standard InChI is InChI=1S/C25H32N2O2/c1-27(2)25(28)24-16-14-22(15-17-24)13-10-20-29-19-9-4-3-8-18-26-21-23-11-6-5-7-12-23/h5-7,11-12,14-17,26H,3-4,8-9,18-21H2,1-2H3. The first-order valence-corrected chi connectivity index (χ1v) is 10.3. The van der Waals surface area contributed by atoms with E-state index < -0.39 is 0 Å². The van der Waals surface area contributed by atoms with E-state index >= 15 is 0 Å². The number of carbonyl (C=O) groups excluding carboxylic acids is 1. The van der Waals surface area contributed by atoms with Crippen LogP contribution in [0.3, 0.4) is 0 Å². The first-order valence-electron chi connectivity index (χ1n) is 10.3. The van der Waals surface area contributed by atoms with Gasteiger partial charge in [-0.2, -0.15) is 0 Å². The fourth-order valence-electron chi connectivity index (χ4n) is 2.85. The lowest BCUT2D eigenvalue weighted by Gasteiger charge is -2.09. The van der Waals surface area contributed by atoms with E-state index in [2.05, 4.69) is 41.4 Å². The Kier molecular flexibility index (Phi) is 10.6. The molecule has 0 aromatic heterocycles. The number of hydrogen-bond acceptors (Lipinski definition) is 3. The normalized spacial score (nSPS) is 10.3. The molecular weight excluding hydrogens is 360 g/mol. The van der Waals surface area contributed by atoms with Gasteiger partial charge in [-0.05, 0) is 49.2 Å². The molecule has 0 aliphatic heterocycles. The highest BCUT2D eigenvalue weighted by Crippen LogP contribution is 2.05. The predicted molar refractivity (Wildman–Crippen MR) is 119 cm³/mol. The summed E-state index contributed by atoms with van der Waals surface area (Å²) in [5.41, 5.74) is 2.90. The number of rotatable bonds is 11. The van der Waals surface area contributed by atoms with Crippen LogP contribution in [-0.2, 0) is 11.3 Å². The van der Waals surface area contributed by atoms with Crippen LogP contribution in [0.2, 0.25) is 0 Å². The van der Waals surface area contributed by atoms with E-state index in [-0.39, 0.29) is 5.91 Å². The van der Waals surface area contributed by atoms with Gasteiger partial charge in [0.15, 0.2) is 0 Å². The third-order valence-corrected chi connectivity index (χ3v) is 4.51. The molecule has 2 aromatic rings. The summed E-state index contributed by atoms with van der Waals surface area (Å²) in [4.78, 5) is 13.4. The second-order valence-electron chi connectivity index (χ2n) is 7.21. The van der Waals surface area contributed by atoms with Crippen molar-refractivity contribution < 1.29 is 9.53 Å². The molecule has 29 heavy (non-hydrogen) atoms. The lowest BCUT2D eigenvalue weighted by Crippen LogP contribution is -2.21. The summed E-state index contributed by atoms with van der Waals surface area (Å²) in [5, 5.41) is 3.48. The molecule has 2 aromatic carbocycles. The Bertz CT molecular complexity index is 774. The molecule has 0 saturated carbocycles. The van der Waals surface area contributed by atoms with E-state index in [0.717, 1.165) is 31.7 Å². The minimum Gasteiger partial charge on any atom is -0.369 e. The molecule has 0 fully saturated rings. The van der Waals surface area contributed by atoms with Gasteiger partial charge in [-0.1, -0.05) is 55.0 Å². The smallest absolute Gasteiger partial charge is 0.253 e. The minimum atomic E-state index is -0.000168. The Labute approximate surface area is 175 Å². The fraction of sp³-hybridized carbons (Fsp3) is 0.400. The average Bonchev–Trinajstić information content (AvgIpc) is 2.75. The SMILES string of the molecule is CN(C)C(=O)c1ccc(C#CCOCCCCCCNCc2ccccc2)cc1. The lowest BCUT2D eigenvalue weighted by atomic mass is 10.1. The molecule has 154 valence electrons. The number of nitrogens with one attached hydrogen (secondary N) is 1. The monoisotopic (exact) mass is 392 g/mol. The Morgan fingerprint density at radius 2 is 1.69 bits per heavy atom. The molecule has 0 saturated heterocycles. The molecular formula is C25H32N2O2. The van der Waals surface area contributed by atoms with Gasteiger partial charge in [0.1, 0.15) is 6.61 Å². The zero-order chi connectivity index (χ0) is 20.7. The number of hydrogen-bond donors (Lipinski definition) is 1. The van der Waals surface area contributed by atoms with Crippen molar-refractivity contribution in [2.75, 3.05) is 33.9 Å². The van der Waals surface area contributed by atoms with Crippen molar-refractivity contribution >= 4 is 5.91 Å². The van der Waals surface area contributed by atoms with Crippen molar-refractivity contribution in [1.82, 2.24) is 10.2 Å². The van der Waals surface area contributed by atoms with Crippen molar-refractivity contribution in [1.29, 1.82) is 0 Å². The Balaban J connectivity index is 1.46. The van der Waals surface area contributed by atoms with Crippen molar-refractivity contribution in [3.05, 3.63) is 71.3 Å². The van der Waals surface area contributed by atoms with Crippen LogP contribution in [0.1, 0.15) is 47.2 Å². The maximum Gasteiger partial charge on any atom is 0.253 e. The Hall–Kier alpha value is -2.61. The number of amides is 1. The molecule has 4 nitrogen and oxygen atoms in total. The predicted octanol–water partition coefficient (Wildman–Crippen LogP) is 4.11. The summed E-state index contributed by atoms with van der Waals surface area (Å²) in [6.45, 7) is 3.19. The van der Waals surface area contributed by atoms with Gasteiger partial charge >= 0.3 is 0 Å². The number of nitrogens with zero attached hydrogens (tertiary/aromatic N) is 1. The van der Waals surface area contributed by atoms with Crippen LogP contribution in [0.4, 0.5) is 0 Å². The summed E-state index contributed by atoms with van der Waals surface area (Å²) in [7, 11) is 3.49. The third kappa shape index (κ3) is 9.43. The van der Waals surface area contributed by atoms with E-state index in [1.807, 2.05) is 30.3 Å². The number of unbranched alkanes of at least 4 members (excludes halogenated alkanes) is 3. The maximum atomic E-state index is 11.8. The first kappa shape index (κ1) is 22.7. The first-order chi connectivity index (χ1) is 14.2. The van der Waals surface area contributed by atoms with Crippen LogP contribution in [0, 0.1) is 11.8 Å². The third-order valence-electron chi connectivity index (χ3n) is 4.51. The van der Waals surface area contributed by atoms with Crippen LogP contribution >= 0.6 is 0 Å². The lowest BCUT2D eigenvalue weighted by molar-refractivity contribution is 0.0827. The van der Waals surface area contributed by atoms with Gasteiger partial charge in [-0.25, -0.2) is 0 Å². The molecule has 0 unspecified atom stereocenters. The van der Waals surface area contributed by atoms with Crippen molar-refractivity contribution in [2.24, 2.45) is 0 Å². The fourth-order valence-corrected chi connectivity index (χ4v) is 2.85. The van der Waals surface area contributed by atoms with Crippen LogP contribution in [0.15, 0.2) is 54.6 Å². The second kappa shape index (κ2) is 13.5. The molecule has 0 spiro atoms. The molecule has 0 aliphatic carbocycles. The average molecular weight is 393 g/mol. The Morgan fingerprint density at radius 3 is 2.41 bits per heavy atom. The van der Waals surface area contributed by atoms with Crippen LogP contribution in [0.5, 0.6) is 0 Å². The van der Waals surface area contributed by atoms with Gasteiger partial charge < -0.3 is 15.0 Å². The van der Waals surface area contributed by atoms with E-state index in [1.165, 1.54) is 24.8 Å². The second-order valence-corrected chi connectivity index (χ2v) is 7.21. The van der Waals surface area contributed by atoms with E-state index in [4.69, 9.17) is 4.74 Å². The zero-order valence-corrected chi connectivity index (χ0v) is 17.6. The van der Waals surface area contributed by atoms with Gasteiger partial charge in [-0.3, -0.25) is 4.79 Å². The highest BCUT2D eigenvalue weighted by Gasteiger charge is 2.06. The summed E-state index contributed by atoms with van der Waals surface area (Å²) in [6, 6.07) is 17.8. The number of benzene rings is 2. The maximum absolute atomic E-state index is 11.8. The topological polar surface area (TPSA) is 41.6 Å². The number of ether oxygens (including phenoxy) is 1. The molecule has 0 atom stereocenters. The van der Waals surface area contributed by atoms with Gasteiger partial charge in [-0.15, -0.1) is 0 Å². The molecule has 2 rings (SSSR count). The van der Waals surface area contributed by atoms with Crippen molar-refractivity contribution in [3.8, 4) is 11.8 Å².